The highest BCUT2D eigenvalue weighted by atomic mass is 35.5. The molecule has 10 nitrogen and oxygen atoms in total. The van der Waals surface area contributed by atoms with E-state index in [1.54, 1.807) is 66.7 Å². The van der Waals surface area contributed by atoms with Crippen LogP contribution in [-0.4, -0.2) is 46.7 Å². The molecular weight excluding hydrogens is 627 g/mol. The fourth-order valence-electron chi connectivity index (χ4n) is 3.89. The van der Waals surface area contributed by atoms with Crippen LogP contribution in [0.5, 0.6) is 11.5 Å². The summed E-state index contributed by atoms with van der Waals surface area (Å²) in [6.07, 6.45) is 1.38. The highest BCUT2D eigenvalue weighted by molar-refractivity contribution is 7.92. The highest BCUT2D eigenvalue weighted by Crippen LogP contribution is 2.34. The second kappa shape index (κ2) is 14.7. The van der Waals surface area contributed by atoms with E-state index in [1.807, 2.05) is 6.92 Å². The van der Waals surface area contributed by atoms with Gasteiger partial charge in [-0.15, -0.1) is 0 Å². The van der Waals surface area contributed by atoms with E-state index in [0.717, 1.165) is 9.87 Å². The minimum atomic E-state index is -4.20. The molecule has 2 N–H and O–H groups in total. The van der Waals surface area contributed by atoms with E-state index in [-0.39, 0.29) is 33.9 Å². The van der Waals surface area contributed by atoms with Crippen molar-refractivity contribution in [3.63, 3.8) is 0 Å². The molecule has 13 heteroatoms. The first-order chi connectivity index (χ1) is 21.1. The predicted octanol–water partition coefficient (Wildman–Crippen LogP) is 5.67. The van der Waals surface area contributed by atoms with Gasteiger partial charge in [-0.3, -0.25) is 13.9 Å². The zero-order valence-corrected chi connectivity index (χ0v) is 26.0. The van der Waals surface area contributed by atoms with Gasteiger partial charge in [-0.2, -0.15) is 5.10 Å². The molecule has 0 spiro atoms. The van der Waals surface area contributed by atoms with Crippen LogP contribution in [0.1, 0.15) is 11.1 Å². The lowest BCUT2D eigenvalue weighted by Crippen LogP contribution is -2.39. The largest absolute Gasteiger partial charge is 0.495 e. The van der Waals surface area contributed by atoms with Crippen LogP contribution in [0.15, 0.2) is 101 Å². The Kier molecular flexibility index (Phi) is 10.8. The third-order valence-electron chi connectivity index (χ3n) is 6.11. The van der Waals surface area contributed by atoms with Crippen LogP contribution in [0, 0.1) is 6.92 Å². The average molecular weight is 656 g/mol. The Morgan fingerprint density at radius 1 is 0.932 bits per heavy atom. The van der Waals surface area contributed by atoms with Crippen LogP contribution in [0.2, 0.25) is 10.0 Å². The summed E-state index contributed by atoms with van der Waals surface area (Å²) in [6, 6.07) is 24.2. The SMILES string of the molecule is COc1ccc(Cl)cc1N(CC(=O)N/N=C\c1ccc(OCC(=O)Nc2ccccc2Cl)cc1)S(=O)(=O)c1ccc(C)cc1. The minimum absolute atomic E-state index is 0.00918. The number of amides is 2. The number of ether oxygens (including phenoxy) is 2. The lowest BCUT2D eigenvalue weighted by molar-refractivity contribution is -0.119. The molecule has 0 saturated carbocycles. The van der Waals surface area contributed by atoms with E-state index < -0.39 is 22.5 Å². The van der Waals surface area contributed by atoms with E-state index in [4.69, 9.17) is 32.7 Å². The van der Waals surface area contributed by atoms with Gasteiger partial charge >= 0.3 is 0 Å². The molecule has 0 unspecified atom stereocenters. The van der Waals surface area contributed by atoms with Crippen LogP contribution in [-0.2, 0) is 19.6 Å². The van der Waals surface area contributed by atoms with Gasteiger partial charge in [-0.1, -0.05) is 53.0 Å². The fourth-order valence-corrected chi connectivity index (χ4v) is 5.66. The van der Waals surface area contributed by atoms with Crippen molar-refractivity contribution in [2.45, 2.75) is 11.8 Å². The van der Waals surface area contributed by atoms with Gasteiger partial charge in [0.25, 0.3) is 21.8 Å². The molecule has 2 amide bonds. The Morgan fingerprint density at radius 3 is 2.32 bits per heavy atom. The fraction of sp³-hybridized carbons (Fsp3) is 0.129. The number of nitrogens with zero attached hydrogens (tertiary/aromatic N) is 2. The van der Waals surface area contributed by atoms with Gasteiger partial charge in [0.1, 0.15) is 18.0 Å². The third-order valence-corrected chi connectivity index (χ3v) is 8.45. The summed E-state index contributed by atoms with van der Waals surface area (Å²) in [5.41, 5.74) is 4.42. The second-order valence-electron chi connectivity index (χ2n) is 9.32. The Labute approximate surface area is 265 Å². The molecule has 0 radical (unpaired) electrons. The van der Waals surface area contributed by atoms with Crippen molar-refractivity contribution in [2.24, 2.45) is 5.10 Å². The number of para-hydroxylation sites is 1. The Balaban J connectivity index is 1.40. The third kappa shape index (κ3) is 8.50. The standard InChI is InChI=1S/C31H28Cl2N4O6S/c1-21-7-14-25(15-8-21)44(40,41)37(28-17-23(32)11-16-29(28)42-2)19-30(38)36-34-18-22-9-12-24(13-10-22)43-20-31(39)35-27-6-4-3-5-26(27)33/h3-18H,19-20H2,1-2H3,(H,35,39)(H,36,38)/b34-18-. The lowest BCUT2D eigenvalue weighted by atomic mass is 10.2. The van der Waals surface area contributed by atoms with Gasteiger partial charge in [-0.05, 0) is 79.2 Å². The molecule has 4 rings (SSSR count). The number of carbonyl (C=O) groups excluding carboxylic acids is 2. The summed E-state index contributed by atoms with van der Waals surface area (Å²) in [5.74, 6) is -0.429. The lowest BCUT2D eigenvalue weighted by Gasteiger charge is -2.25. The zero-order valence-electron chi connectivity index (χ0n) is 23.7. The molecule has 4 aromatic carbocycles. The maximum absolute atomic E-state index is 13.7. The smallest absolute Gasteiger partial charge is 0.264 e. The van der Waals surface area contributed by atoms with E-state index >= 15 is 0 Å². The molecular formula is C31H28Cl2N4O6S. The number of hydrogen-bond acceptors (Lipinski definition) is 7. The van der Waals surface area contributed by atoms with Gasteiger partial charge in [0.05, 0.1) is 34.6 Å². The zero-order chi connectivity index (χ0) is 31.7. The van der Waals surface area contributed by atoms with Crippen LogP contribution in [0.3, 0.4) is 0 Å². The number of sulfonamides is 1. The summed E-state index contributed by atoms with van der Waals surface area (Å²) in [5, 5.41) is 7.30. The van der Waals surface area contributed by atoms with Crippen molar-refractivity contribution in [3.8, 4) is 11.5 Å². The molecule has 0 aliphatic carbocycles. The van der Waals surface area contributed by atoms with E-state index in [2.05, 4.69) is 15.8 Å². The number of aryl methyl sites for hydroxylation is 1. The molecule has 0 atom stereocenters. The molecule has 4 aromatic rings. The molecule has 0 fully saturated rings. The molecule has 44 heavy (non-hydrogen) atoms. The molecule has 0 heterocycles. The quantitative estimate of drug-likeness (QED) is 0.150. The van der Waals surface area contributed by atoms with Gasteiger partial charge in [0.2, 0.25) is 0 Å². The number of hydrazone groups is 1. The minimum Gasteiger partial charge on any atom is -0.495 e. The number of nitrogens with one attached hydrogen (secondary N) is 2. The Morgan fingerprint density at radius 2 is 1.64 bits per heavy atom. The summed E-state index contributed by atoms with van der Waals surface area (Å²) in [6.45, 7) is 1.00. The number of rotatable bonds is 12. The van der Waals surface area contributed by atoms with E-state index in [0.29, 0.717) is 22.0 Å². The average Bonchev–Trinajstić information content (AvgIpc) is 3.01. The maximum Gasteiger partial charge on any atom is 0.264 e. The van der Waals surface area contributed by atoms with Crippen molar-refractivity contribution in [2.75, 3.05) is 29.9 Å². The second-order valence-corrected chi connectivity index (χ2v) is 12.0. The first-order valence-corrected chi connectivity index (χ1v) is 15.3. The van der Waals surface area contributed by atoms with Crippen LogP contribution < -0.4 is 24.5 Å². The number of hydrogen-bond donors (Lipinski definition) is 2. The molecule has 0 saturated heterocycles. The van der Waals surface area contributed by atoms with Crippen molar-refractivity contribution in [3.05, 3.63) is 112 Å². The molecule has 0 aliphatic heterocycles. The monoisotopic (exact) mass is 654 g/mol. The summed E-state index contributed by atoms with van der Waals surface area (Å²) in [4.78, 5) is 25.1. The molecule has 0 bridgehead atoms. The predicted molar refractivity (Wildman–Crippen MR) is 171 cm³/mol. The van der Waals surface area contributed by atoms with Crippen LogP contribution in [0.4, 0.5) is 11.4 Å². The van der Waals surface area contributed by atoms with Crippen LogP contribution >= 0.6 is 23.2 Å². The first kappa shape index (κ1) is 32.3. The summed E-state index contributed by atoms with van der Waals surface area (Å²) < 4.78 is 39.1. The van der Waals surface area contributed by atoms with Crippen molar-refractivity contribution in [1.82, 2.24) is 5.43 Å². The number of methoxy groups -OCH3 is 1. The van der Waals surface area contributed by atoms with E-state index in [1.165, 1.54) is 37.6 Å². The van der Waals surface area contributed by atoms with Crippen molar-refractivity contribution < 1.29 is 27.5 Å². The Bertz CT molecular complexity index is 1770. The summed E-state index contributed by atoms with van der Waals surface area (Å²) in [7, 11) is -2.81. The van der Waals surface area contributed by atoms with Crippen molar-refractivity contribution >= 4 is 62.6 Å². The number of benzene rings is 4. The van der Waals surface area contributed by atoms with Gasteiger partial charge in [0, 0.05) is 5.02 Å². The maximum atomic E-state index is 13.7. The van der Waals surface area contributed by atoms with Gasteiger partial charge in [0.15, 0.2) is 6.61 Å². The number of anilines is 2. The van der Waals surface area contributed by atoms with Gasteiger partial charge in [-0.25, -0.2) is 13.8 Å². The number of carbonyl (C=O) groups is 2. The van der Waals surface area contributed by atoms with Crippen LogP contribution in [0.25, 0.3) is 0 Å². The van der Waals surface area contributed by atoms with E-state index in [9.17, 15) is 18.0 Å². The number of halogens is 2. The molecule has 0 aromatic heterocycles. The summed E-state index contributed by atoms with van der Waals surface area (Å²) >= 11 is 12.2. The van der Waals surface area contributed by atoms with Crippen molar-refractivity contribution in [1.29, 1.82) is 0 Å². The Hall–Kier alpha value is -4.58. The normalized spacial score (nSPS) is 11.2. The molecule has 0 aliphatic rings. The molecule has 228 valence electrons. The highest BCUT2D eigenvalue weighted by Gasteiger charge is 2.29. The van der Waals surface area contributed by atoms with Gasteiger partial charge < -0.3 is 14.8 Å². The first-order valence-electron chi connectivity index (χ1n) is 13.1. The topological polar surface area (TPSA) is 126 Å².